The summed E-state index contributed by atoms with van der Waals surface area (Å²) in [5.74, 6) is 0.847. The molecule has 0 bridgehead atoms. The quantitative estimate of drug-likeness (QED) is 0.274. The fourth-order valence-electron chi connectivity index (χ4n) is 5.51. The fourth-order valence-corrected chi connectivity index (χ4v) is 5.51. The van der Waals surface area contributed by atoms with Gasteiger partial charge in [0.05, 0.1) is 0 Å². The van der Waals surface area contributed by atoms with Crippen LogP contribution in [-0.4, -0.2) is 4.98 Å². The van der Waals surface area contributed by atoms with E-state index in [0.717, 1.165) is 11.1 Å². The summed E-state index contributed by atoms with van der Waals surface area (Å²) >= 11 is 0. The number of nitrogens with two attached hydrogens (primary N) is 2. The van der Waals surface area contributed by atoms with Gasteiger partial charge < -0.3 is 11.5 Å². The van der Waals surface area contributed by atoms with Gasteiger partial charge in [-0.1, -0.05) is 91.0 Å². The van der Waals surface area contributed by atoms with Gasteiger partial charge in [-0.15, -0.1) is 0 Å². The van der Waals surface area contributed by atoms with E-state index >= 15 is 0 Å². The first kappa shape index (κ1) is 18.9. The molecule has 34 heavy (non-hydrogen) atoms. The SMILES string of the molecule is Nc1cc(-c2cccc3cccc(-c4ccc5ccc6cccc7ccc4c5c67)c23)cc(N)n1. The molecule has 0 amide bonds. The summed E-state index contributed by atoms with van der Waals surface area (Å²) in [6, 6.07) is 36.6. The topological polar surface area (TPSA) is 64.9 Å². The van der Waals surface area contributed by atoms with Crippen LogP contribution in [0.4, 0.5) is 11.6 Å². The number of aromatic nitrogens is 1. The Morgan fingerprint density at radius 2 is 0.971 bits per heavy atom. The number of nitrogen functional groups attached to an aromatic ring is 2. The third kappa shape index (κ3) is 2.67. The Labute approximate surface area is 196 Å². The van der Waals surface area contributed by atoms with Crippen LogP contribution in [-0.2, 0) is 0 Å². The molecule has 3 nitrogen and oxygen atoms in total. The zero-order valence-corrected chi connectivity index (χ0v) is 18.4. The molecule has 1 aromatic heterocycles. The summed E-state index contributed by atoms with van der Waals surface area (Å²) in [5.41, 5.74) is 16.6. The van der Waals surface area contributed by atoms with E-state index in [4.69, 9.17) is 11.5 Å². The van der Waals surface area contributed by atoms with Gasteiger partial charge in [-0.25, -0.2) is 4.98 Å². The van der Waals surface area contributed by atoms with Gasteiger partial charge in [0.1, 0.15) is 11.6 Å². The van der Waals surface area contributed by atoms with Crippen LogP contribution in [0.1, 0.15) is 0 Å². The van der Waals surface area contributed by atoms with Crippen molar-refractivity contribution in [3.8, 4) is 22.3 Å². The number of benzene rings is 6. The summed E-state index contributed by atoms with van der Waals surface area (Å²) in [5, 5.41) is 10.1. The second kappa shape index (κ2) is 6.93. The van der Waals surface area contributed by atoms with Crippen LogP contribution >= 0.6 is 0 Å². The van der Waals surface area contributed by atoms with Crippen molar-refractivity contribution in [1.82, 2.24) is 4.98 Å². The van der Waals surface area contributed by atoms with Crippen molar-refractivity contribution in [2.75, 3.05) is 11.5 Å². The third-order valence-corrected chi connectivity index (χ3v) is 6.90. The van der Waals surface area contributed by atoms with Crippen LogP contribution in [0.2, 0.25) is 0 Å². The zero-order chi connectivity index (χ0) is 22.8. The van der Waals surface area contributed by atoms with Crippen LogP contribution in [0.25, 0.3) is 65.3 Å². The molecule has 0 fully saturated rings. The molecule has 0 saturated carbocycles. The largest absolute Gasteiger partial charge is 0.384 e. The predicted molar refractivity (Wildman–Crippen MR) is 145 cm³/mol. The summed E-state index contributed by atoms with van der Waals surface area (Å²) in [6.07, 6.45) is 0. The second-order valence-electron chi connectivity index (χ2n) is 8.88. The van der Waals surface area contributed by atoms with Crippen molar-refractivity contribution >= 4 is 54.7 Å². The Bertz CT molecular complexity index is 1840. The minimum atomic E-state index is 0.423. The van der Waals surface area contributed by atoms with E-state index in [1.165, 1.54) is 54.2 Å². The maximum absolute atomic E-state index is 6.06. The highest BCUT2D eigenvalue weighted by atomic mass is 14.9. The maximum atomic E-state index is 6.06. The Hall–Kier alpha value is -4.63. The average Bonchev–Trinajstić information content (AvgIpc) is 2.86. The average molecular weight is 436 g/mol. The van der Waals surface area contributed by atoms with E-state index in [-0.39, 0.29) is 0 Å². The van der Waals surface area contributed by atoms with Crippen molar-refractivity contribution in [3.05, 3.63) is 103 Å². The summed E-state index contributed by atoms with van der Waals surface area (Å²) in [4.78, 5) is 4.16. The molecule has 0 aliphatic rings. The molecule has 1 heterocycles. The van der Waals surface area contributed by atoms with Crippen molar-refractivity contribution in [1.29, 1.82) is 0 Å². The van der Waals surface area contributed by atoms with Gasteiger partial charge in [-0.3, -0.25) is 0 Å². The van der Waals surface area contributed by atoms with Crippen molar-refractivity contribution in [2.45, 2.75) is 0 Å². The standard InChI is InChI=1S/C31H21N3/c32-27-16-22(17-28(33)34-27)23-8-2-6-18-7-3-9-25(30(18)23)24-14-12-21-11-10-19-4-1-5-20-13-15-26(24)31(21)29(19)20/h1-17H,(H4,32,33,34). The number of pyridine rings is 1. The van der Waals surface area contributed by atoms with Gasteiger partial charge in [-0.05, 0) is 77.5 Å². The summed E-state index contributed by atoms with van der Waals surface area (Å²) in [7, 11) is 0. The number of fused-ring (bicyclic) bond motifs is 1. The maximum Gasteiger partial charge on any atom is 0.126 e. The van der Waals surface area contributed by atoms with Crippen molar-refractivity contribution in [2.24, 2.45) is 0 Å². The monoisotopic (exact) mass is 435 g/mol. The molecular formula is C31H21N3. The molecule has 6 aromatic carbocycles. The van der Waals surface area contributed by atoms with Gasteiger partial charge in [0, 0.05) is 0 Å². The minimum Gasteiger partial charge on any atom is -0.384 e. The Morgan fingerprint density at radius 1 is 0.441 bits per heavy atom. The van der Waals surface area contributed by atoms with Gasteiger partial charge >= 0.3 is 0 Å². The molecule has 0 aliphatic heterocycles. The Morgan fingerprint density at radius 3 is 1.68 bits per heavy atom. The number of hydrogen-bond donors (Lipinski definition) is 2. The number of anilines is 2. The van der Waals surface area contributed by atoms with Gasteiger partial charge in [0.15, 0.2) is 0 Å². The Kier molecular flexibility index (Phi) is 3.85. The van der Waals surface area contributed by atoms with Crippen molar-refractivity contribution < 1.29 is 0 Å². The van der Waals surface area contributed by atoms with Gasteiger partial charge in [0.25, 0.3) is 0 Å². The molecule has 0 aliphatic carbocycles. The lowest BCUT2D eigenvalue weighted by atomic mass is 9.86. The lowest BCUT2D eigenvalue weighted by Crippen LogP contribution is -1.97. The minimum absolute atomic E-state index is 0.423. The van der Waals surface area contributed by atoms with E-state index in [9.17, 15) is 0 Å². The molecule has 0 unspecified atom stereocenters. The first-order valence-corrected chi connectivity index (χ1v) is 11.4. The van der Waals surface area contributed by atoms with Crippen molar-refractivity contribution in [3.63, 3.8) is 0 Å². The van der Waals surface area contributed by atoms with Crippen LogP contribution in [0, 0.1) is 0 Å². The van der Waals surface area contributed by atoms with Crippen LogP contribution < -0.4 is 11.5 Å². The second-order valence-corrected chi connectivity index (χ2v) is 8.88. The molecule has 7 aromatic rings. The van der Waals surface area contributed by atoms with E-state index in [2.05, 4.69) is 96.0 Å². The van der Waals surface area contributed by atoms with Gasteiger partial charge in [0.2, 0.25) is 0 Å². The molecule has 0 atom stereocenters. The van der Waals surface area contributed by atoms with E-state index < -0.39 is 0 Å². The molecule has 0 spiro atoms. The number of rotatable bonds is 2. The molecular weight excluding hydrogens is 414 g/mol. The molecule has 0 radical (unpaired) electrons. The number of nitrogens with zero attached hydrogens (tertiary/aromatic N) is 1. The molecule has 4 N–H and O–H groups in total. The van der Waals surface area contributed by atoms with Crippen LogP contribution in [0.3, 0.4) is 0 Å². The first-order valence-electron chi connectivity index (χ1n) is 11.4. The molecule has 0 saturated heterocycles. The van der Waals surface area contributed by atoms with Gasteiger partial charge in [-0.2, -0.15) is 0 Å². The smallest absolute Gasteiger partial charge is 0.126 e. The first-order chi connectivity index (χ1) is 16.7. The highest BCUT2D eigenvalue weighted by molar-refractivity contribution is 6.26. The normalized spacial score (nSPS) is 11.8. The molecule has 3 heteroatoms. The fraction of sp³-hybridized carbons (Fsp3) is 0. The lowest BCUT2D eigenvalue weighted by molar-refractivity contribution is 1.34. The summed E-state index contributed by atoms with van der Waals surface area (Å²) < 4.78 is 0. The highest BCUT2D eigenvalue weighted by Gasteiger charge is 2.16. The highest BCUT2D eigenvalue weighted by Crippen LogP contribution is 2.43. The molecule has 160 valence electrons. The van der Waals surface area contributed by atoms with Crippen LogP contribution in [0.5, 0.6) is 0 Å². The molecule has 7 rings (SSSR count). The predicted octanol–water partition coefficient (Wildman–Crippen LogP) is 7.63. The van der Waals surface area contributed by atoms with Crippen LogP contribution in [0.15, 0.2) is 103 Å². The van der Waals surface area contributed by atoms with E-state index in [0.29, 0.717) is 11.6 Å². The Balaban J connectivity index is 1.61. The third-order valence-electron chi connectivity index (χ3n) is 6.90. The number of hydrogen-bond acceptors (Lipinski definition) is 3. The lowest BCUT2D eigenvalue weighted by Gasteiger charge is -2.17. The summed E-state index contributed by atoms with van der Waals surface area (Å²) in [6.45, 7) is 0. The van der Waals surface area contributed by atoms with E-state index in [1.54, 1.807) is 0 Å². The zero-order valence-electron chi connectivity index (χ0n) is 18.4. The van der Waals surface area contributed by atoms with E-state index in [1.807, 2.05) is 12.1 Å².